The summed E-state index contributed by atoms with van der Waals surface area (Å²) in [4.78, 5) is 0. The van der Waals surface area contributed by atoms with Gasteiger partial charge in [0, 0.05) is 54.3 Å². The molecular weight excluding hydrogens is 291 g/mol. The summed E-state index contributed by atoms with van der Waals surface area (Å²) in [5, 5.41) is 4.59. The molecule has 4 rings (SSSR count). The van der Waals surface area contributed by atoms with Gasteiger partial charge in [-0.1, -0.05) is 18.2 Å². The molecule has 0 amide bonds. The lowest BCUT2D eigenvalue weighted by atomic mass is 10.0. The van der Waals surface area contributed by atoms with Gasteiger partial charge >= 0.3 is 0 Å². The average molecular weight is 310 g/mol. The molecule has 3 aromatic rings. The van der Waals surface area contributed by atoms with Gasteiger partial charge in [-0.15, -0.1) is 0 Å². The first-order valence-electron chi connectivity index (χ1n) is 7.93. The Morgan fingerprint density at radius 1 is 1.09 bits per heavy atom. The molecule has 3 nitrogen and oxygen atoms in total. The van der Waals surface area contributed by atoms with Crippen molar-refractivity contribution >= 4 is 10.9 Å². The van der Waals surface area contributed by atoms with E-state index in [1.807, 2.05) is 18.2 Å². The molecule has 0 saturated carbocycles. The quantitative estimate of drug-likeness (QED) is 0.783. The number of aromatic nitrogens is 1. The Labute approximate surface area is 134 Å². The van der Waals surface area contributed by atoms with Gasteiger partial charge in [0.05, 0.1) is 12.6 Å². The number of rotatable bonds is 2. The van der Waals surface area contributed by atoms with Crippen LogP contribution in [0.1, 0.15) is 5.69 Å². The van der Waals surface area contributed by atoms with E-state index in [0.717, 1.165) is 37.1 Å². The molecule has 2 heterocycles. The van der Waals surface area contributed by atoms with Crippen molar-refractivity contribution in [1.29, 1.82) is 0 Å². The number of nitrogens with one attached hydrogen (secondary N) is 1. The van der Waals surface area contributed by atoms with E-state index < -0.39 is 0 Å². The maximum atomic E-state index is 14.6. The Morgan fingerprint density at radius 3 is 2.83 bits per heavy atom. The minimum Gasteiger partial charge on any atom is -0.497 e. The SMILES string of the molecule is COc1ccc(-c2cccc3cc4n(c23)CCNCC4)c(F)c1. The predicted molar refractivity (Wildman–Crippen MR) is 90.5 cm³/mol. The molecule has 23 heavy (non-hydrogen) atoms. The molecule has 0 saturated heterocycles. The van der Waals surface area contributed by atoms with Crippen LogP contribution in [-0.2, 0) is 13.0 Å². The number of hydrogen-bond acceptors (Lipinski definition) is 2. The van der Waals surface area contributed by atoms with Gasteiger partial charge in [0.2, 0.25) is 0 Å². The smallest absolute Gasteiger partial charge is 0.134 e. The van der Waals surface area contributed by atoms with Crippen LogP contribution in [0.5, 0.6) is 5.75 Å². The van der Waals surface area contributed by atoms with Crippen LogP contribution in [0.4, 0.5) is 4.39 Å². The van der Waals surface area contributed by atoms with E-state index in [9.17, 15) is 4.39 Å². The Morgan fingerprint density at radius 2 is 2.00 bits per heavy atom. The third-order valence-corrected chi connectivity index (χ3v) is 4.54. The Hall–Kier alpha value is -2.33. The molecule has 1 aromatic heterocycles. The van der Waals surface area contributed by atoms with Gasteiger partial charge in [-0.2, -0.15) is 0 Å². The Balaban J connectivity index is 1.95. The van der Waals surface area contributed by atoms with Gasteiger partial charge in [0.1, 0.15) is 11.6 Å². The van der Waals surface area contributed by atoms with Crippen LogP contribution in [0, 0.1) is 5.82 Å². The lowest BCUT2D eigenvalue weighted by molar-refractivity contribution is 0.411. The highest BCUT2D eigenvalue weighted by Gasteiger charge is 2.17. The lowest BCUT2D eigenvalue weighted by Crippen LogP contribution is -2.17. The Bertz CT molecular complexity index is 869. The summed E-state index contributed by atoms with van der Waals surface area (Å²) in [6.07, 6.45) is 0.999. The van der Waals surface area contributed by atoms with E-state index in [4.69, 9.17) is 4.74 Å². The second-order valence-electron chi connectivity index (χ2n) is 5.88. The summed E-state index contributed by atoms with van der Waals surface area (Å²) in [6.45, 7) is 2.84. The number of methoxy groups -OCH3 is 1. The molecule has 118 valence electrons. The monoisotopic (exact) mass is 310 g/mol. The molecule has 0 bridgehead atoms. The van der Waals surface area contributed by atoms with Crippen LogP contribution in [-0.4, -0.2) is 24.8 Å². The second kappa shape index (κ2) is 5.70. The molecule has 0 aliphatic carbocycles. The second-order valence-corrected chi connectivity index (χ2v) is 5.88. The van der Waals surface area contributed by atoms with Crippen LogP contribution in [0.2, 0.25) is 0 Å². The van der Waals surface area contributed by atoms with E-state index in [1.165, 1.54) is 17.1 Å². The molecule has 0 spiro atoms. The average Bonchev–Trinajstić information content (AvgIpc) is 2.76. The van der Waals surface area contributed by atoms with Crippen LogP contribution >= 0.6 is 0 Å². The van der Waals surface area contributed by atoms with Crippen LogP contribution in [0.3, 0.4) is 0 Å². The first-order valence-corrected chi connectivity index (χ1v) is 7.93. The third-order valence-electron chi connectivity index (χ3n) is 4.54. The number of ether oxygens (including phenoxy) is 1. The number of nitrogens with zero attached hydrogens (tertiary/aromatic N) is 1. The zero-order valence-electron chi connectivity index (χ0n) is 13.1. The predicted octanol–water partition coefficient (Wildman–Crippen LogP) is 3.60. The molecule has 0 radical (unpaired) electrons. The van der Waals surface area contributed by atoms with E-state index in [-0.39, 0.29) is 5.82 Å². The van der Waals surface area contributed by atoms with Crippen molar-refractivity contribution in [1.82, 2.24) is 9.88 Å². The maximum Gasteiger partial charge on any atom is 0.134 e. The summed E-state index contributed by atoms with van der Waals surface area (Å²) in [5.74, 6) is 0.288. The van der Waals surface area contributed by atoms with E-state index >= 15 is 0 Å². The van der Waals surface area contributed by atoms with Gasteiger partial charge in [-0.25, -0.2) is 4.39 Å². The van der Waals surface area contributed by atoms with E-state index in [1.54, 1.807) is 13.2 Å². The summed E-state index contributed by atoms with van der Waals surface area (Å²) >= 11 is 0. The minimum absolute atomic E-state index is 0.251. The van der Waals surface area contributed by atoms with Gasteiger partial charge in [0.15, 0.2) is 0 Å². The highest BCUT2D eigenvalue weighted by atomic mass is 19.1. The summed E-state index contributed by atoms with van der Waals surface area (Å²) in [6, 6.07) is 13.4. The lowest BCUT2D eigenvalue weighted by Gasteiger charge is -2.12. The molecule has 4 heteroatoms. The Kier molecular flexibility index (Phi) is 3.54. The maximum absolute atomic E-state index is 14.6. The van der Waals surface area contributed by atoms with Crippen molar-refractivity contribution in [2.75, 3.05) is 20.2 Å². The van der Waals surface area contributed by atoms with Crippen molar-refractivity contribution in [2.24, 2.45) is 0 Å². The van der Waals surface area contributed by atoms with E-state index in [0.29, 0.717) is 11.3 Å². The number of halogens is 1. The molecule has 0 fully saturated rings. The van der Waals surface area contributed by atoms with Gasteiger partial charge in [0.25, 0.3) is 0 Å². The molecule has 2 aromatic carbocycles. The molecule has 0 atom stereocenters. The molecule has 1 aliphatic rings. The number of para-hydroxylation sites is 1. The number of fused-ring (bicyclic) bond motifs is 3. The molecule has 1 N–H and O–H groups in total. The van der Waals surface area contributed by atoms with Crippen molar-refractivity contribution in [3.8, 4) is 16.9 Å². The number of benzene rings is 2. The van der Waals surface area contributed by atoms with Gasteiger partial charge in [-0.3, -0.25) is 0 Å². The van der Waals surface area contributed by atoms with E-state index in [2.05, 4.69) is 22.0 Å². The zero-order chi connectivity index (χ0) is 15.8. The van der Waals surface area contributed by atoms with Gasteiger partial charge in [-0.05, 0) is 18.2 Å². The standard InChI is InChI=1S/C19H19FN2O/c1-23-15-5-6-16(18(20)12-15)17-4-2-3-13-11-14-7-8-21-9-10-22(14)19(13)17/h2-6,11-12,21H,7-10H2,1H3. The minimum atomic E-state index is -0.251. The topological polar surface area (TPSA) is 26.2 Å². The summed E-state index contributed by atoms with van der Waals surface area (Å²) in [5.41, 5.74) is 3.99. The molecule has 0 unspecified atom stereocenters. The van der Waals surface area contributed by atoms with Crippen LogP contribution in [0.15, 0.2) is 42.5 Å². The highest BCUT2D eigenvalue weighted by molar-refractivity contribution is 5.95. The van der Waals surface area contributed by atoms with Crippen molar-refractivity contribution in [3.05, 3.63) is 54.0 Å². The normalized spacial score (nSPS) is 14.5. The number of hydrogen-bond donors (Lipinski definition) is 1. The molecule has 1 aliphatic heterocycles. The first kappa shape index (κ1) is 14.3. The fourth-order valence-electron chi connectivity index (χ4n) is 3.43. The summed E-state index contributed by atoms with van der Waals surface area (Å²) in [7, 11) is 1.55. The third kappa shape index (κ3) is 2.39. The largest absolute Gasteiger partial charge is 0.497 e. The van der Waals surface area contributed by atoms with Crippen LogP contribution < -0.4 is 10.1 Å². The summed E-state index contributed by atoms with van der Waals surface area (Å²) < 4.78 is 22.0. The highest BCUT2D eigenvalue weighted by Crippen LogP contribution is 2.34. The van der Waals surface area contributed by atoms with Crippen LogP contribution in [0.25, 0.3) is 22.0 Å². The van der Waals surface area contributed by atoms with Crippen molar-refractivity contribution < 1.29 is 9.13 Å². The van der Waals surface area contributed by atoms with Crippen molar-refractivity contribution in [3.63, 3.8) is 0 Å². The molecular formula is C19H19FN2O. The zero-order valence-corrected chi connectivity index (χ0v) is 13.1. The van der Waals surface area contributed by atoms with Crippen molar-refractivity contribution in [2.45, 2.75) is 13.0 Å². The first-order chi connectivity index (χ1) is 11.3. The van der Waals surface area contributed by atoms with Gasteiger partial charge < -0.3 is 14.6 Å². The fourth-order valence-corrected chi connectivity index (χ4v) is 3.43. The fraction of sp³-hybridized carbons (Fsp3) is 0.263.